The Bertz CT molecular complexity index is 390. The van der Waals surface area contributed by atoms with Gasteiger partial charge in [0.15, 0.2) is 0 Å². The van der Waals surface area contributed by atoms with Gasteiger partial charge in [0.05, 0.1) is 3.79 Å². The Hall–Kier alpha value is -0.650. The van der Waals surface area contributed by atoms with Gasteiger partial charge in [-0.25, -0.2) is 0 Å². The highest BCUT2D eigenvalue weighted by Crippen LogP contribution is 2.22. The molecule has 0 fully saturated rings. The first-order chi connectivity index (χ1) is 8.17. The van der Waals surface area contributed by atoms with Crippen molar-refractivity contribution in [1.29, 1.82) is 0 Å². The summed E-state index contributed by atoms with van der Waals surface area (Å²) in [7, 11) is 0. The topological polar surface area (TPSA) is 40.5 Å². The molecule has 1 amide bonds. The van der Waals surface area contributed by atoms with Gasteiger partial charge in [0.1, 0.15) is 0 Å². The van der Waals surface area contributed by atoms with Crippen LogP contribution in [0.5, 0.6) is 0 Å². The largest absolute Gasteiger partial charge is 0.396 e. The maximum absolute atomic E-state index is 11.8. The number of halogens is 1. The van der Waals surface area contributed by atoms with E-state index in [4.69, 9.17) is 5.11 Å². The number of carbonyl (C=O) groups excluding carboxylic acids is 1. The van der Waals surface area contributed by atoms with Gasteiger partial charge in [0, 0.05) is 30.6 Å². The monoisotopic (exact) mass is 317 g/mol. The molecule has 5 heteroatoms. The summed E-state index contributed by atoms with van der Waals surface area (Å²) in [6.07, 6.45) is 4.02. The van der Waals surface area contributed by atoms with E-state index >= 15 is 0 Å². The Balaban J connectivity index is 2.54. The predicted octanol–water partition coefficient (Wildman–Crippen LogP) is 2.75. The molecule has 0 aromatic carbocycles. The summed E-state index contributed by atoms with van der Waals surface area (Å²) in [5.41, 5.74) is 0. The van der Waals surface area contributed by atoms with Gasteiger partial charge in [-0.1, -0.05) is 0 Å². The Morgan fingerprint density at radius 3 is 2.88 bits per heavy atom. The molecule has 0 unspecified atom stereocenters. The second-order valence-corrected chi connectivity index (χ2v) is 5.96. The molecule has 0 saturated carbocycles. The van der Waals surface area contributed by atoms with E-state index in [9.17, 15) is 4.79 Å². The highest BCUT2D eigenvalue weighted by atomic mass is 79.9. The first kappa shape index (κ1) is 14.4. The first-order valence-electron chi connectivity index (χ1n) is 5.50. The quantitative estimate of drug-likeness (QED) is 0.820. The molecule has 0 aliphatic carbocycles. The van der Waals surface area contributed by atoms with Crippen LogP contribution in [0.15, 0.2) is 22.0 Å². The third-order valence-electron chi connectivity index (χ3n) is 2.26. The number of nitrogens with zero attached hydrogens (tertiary/aromatic N) is 1. The van der Waals surface area contributed by atoms with Crippen molar-refractivity contribution < 1.29 is 9.90 Å². The van der Waals surface area contributed by atoms with Gasteiger partial charge in [-0.3, -0.25) is 4.79 Å². The molecule has 17 heavy (non-hydrogen) atoms. The molecule has 1 rings (SSSR count). The number of hydrogen-bond donors (Lipinski definition) is 1. The zero-order valence-electron chi connectivity index (χ0n) is 9.73. The molecule has 1 aromatic heterocycles. The van der Waals surface area contributed by atoms with Crippen LogP contribution < -0.4 is 0 Å². The SMILES string of the molecule is CCN(CCCO)C(=O)/C=C/c1ccc(Br)s1. The van der Waals surface area contributed by atoms with Crippen molar-refractivity contribution in [3.05, 3.63) is 26.9 Å². The van der Waals surface area contributed by atoms with Crippen LogP contribution in [0.3, 0.4) is 0 Å². The van der Waals surface area contributed by atoms with E-state index in [1.54, 1.807) is 22.3 Å². The summed E-state index contributed by atoms with van der Waals surface area (Å²) in [5, 5.41) is 8.74. The Morgan fingerprint density at radius 2 is 2.35 bits per heavy atom. The van der Waals surface area contributed by atoms with Crippen LogP contribution in [0.2, 0.25) is 0 Å². The molecule has 0 aliphatic rings. The van der Waals surface area contributed by atoms with Crippen molar-refractivity contribution in [1.82, 2.24) is 4.90 Å². The maximum Gasteiger partial charge on any atom is 0.246 e. The summed E-state index contributed by atoms with van der Waals surface area (Å²) in [4.78, 5) is 14.6. The van der Waals surface area contributed by atoms with E-state index in [0.29, 0.717) is 19.5 Å². The molecule has 1 aromatic rings. The van der Waals surface area contributed by atoms with Crippen molar-refractivity contribution in [3.63, 3.8) is 0 Å². The third kappa shape index (κ3) is 5.02. The fourth-order valence-corrected chi connectivity index (χ4v) is 2.69. The van der Waals surface area contributed by atoms with Crippen molar-refractivity contribution in [2.75, 3.05) is 19.7 Å². The van der Waals surface area contributed by atoms with Gasteiger partial charge >= 0.3 is 0 Å². The summed E-state index contributed by atoms with van der Waals surface area (Å²) in [6, 6.07) is 3.92. The molecule has 0 atom stereocenters. The van der Waals surface area contributed by atoms with E-state index in [1.807, 2.05) is 25.1 Å². The van der Waals surface area contributed by atoms with Crippen LogP contribution in [0.25, 0.3) is 6.08 Å². The average molecular weight is 318 g/mol. The van der Waals surface area contributed by atoms with E-state index in [1.165, 1.54) is 0 Å². The molecular formula is C12H16BrNO2S. The molecule has 1 N–H and O–H groups in total. The molecule has 0 saturated heterocycles. The molecule has 3 nitrogen and oxygen atoms in total. The molecule has 0 spiro atoms. The van der Waals surface area contributed by atoms with Crippen LogP contribution in [0, 0.1) is 0 Å². The Labute approximate surface area is 114 Å². The van der Waals surface area contributed by atoms with Crippen molar-refractivity contribution in [2.45, 2.75) is 13.3 Å². The minimum Gasteiger partial charge on any atom is -0.396 e. The summed E-state index contributed by atoms with van der Waals surface area (Å²) in [6.45, 7) is 3.32. The van der Waals surface area contributed by atoms with E-state index in [2.05, 4.69) is 15.9 Å². The Morgan fingerprint density at radius 1 is 1.59 bits per heavy atom. The minimum atomic E-state index is -0.00882. The molecule has 1 heterocycles. The molecule has 0 radical (unpaired) electrons. The number of carbonyl (C=O) groups is 1. The number of aliphatic hydroxyl groups excluding tert-OH is 1. The van der Waals surface area contributed by atoms with Crippen LogP contribution >= 0.6 is 27.3 Å². The third-order valence-corrected chi connectivity index (χ3v) is 3.85. The predicted molar refractivity (Wildman–Crippen MR) is 75.0 cm³/mol. The second-order valence-electron chi connectivity index (χ2n) is 3.47. The van der Waals surface area contributed by atoms with E-state index in [-0.39, 0.29) is 12.5 Å². The highest BCUT2D eigenvalue weighted by Gasteiger charge is 2.07. The Kier molecular flexibility index (Phi) is 6.47. The maximum atomic E-state index is 11.8. The molecule has 94 valence electrons. The summed E-state index contributed by atoms with van der Waals surface area (Å²) >= 11 is 4.96. The normalized spacial score (nSPS) is 11.0. The fourth-order valence-electron chi connectivity index (χ4n) is 1.36. The zero-order chi connectivity index (χ0) is 12.7. The number of rotatable bonds is 6. The minimum absolute atomic E-state index is 0.00882. The van der Waals surface area contributed by atoms with Crippen LogP contribution in [0.4, 0.5) is 0 Å². The lowest BCUT2D eigenvalue weighted by atomic mass is 10.3. The summed E-state index contributed by atoms with van der Waals surface area (Å²) in [5.74, 6) is -0.00882. The molecule has 0 bridgehead atoms. The standard InChI is InChI=1S/C12H16BrNO2S/c1-2-14(8-3-9-15)12(16)7-5-10-4-6-11(13)17-10/h4-7,15H,2-3,8-9H2,1H3/b7-5+. The molecule has 0 aliphatic heterocycles. The number of amides is 1. The number of aliphatic hydroxyl groups is 1. The van der Waals surface area contributed by atoms with Crippen molar-refractivity contribution in [2.24, 2.45) is 0 Å². The van der Waals surface area contributed by atoms with Gasteiger partial charge in [0.25, 0.3) is 0 Å². The van der Waals surface area contributed by atoms with Crippen LogP contribution in [-0.2, 0) is 4.79 Å². The van der Waals surface area contributed by atoms with Gasteiger partial charge in [-0.15, -0.1) is 11.3 Å². The lowest BCUT2D eigenvalue weighted by molar-refractivity contribution is -0.125. The summed E-state index contributed by atoms with van der Waals surface area (Å²) < 4.78 is 1.05. The van der Waals surface area contributed by atoms with E-state index < -0.39 is 0 Å². The number of likely N-dealkylation sites (N-methyl/N-ethyl adjacent to an activating group) is 1. The van der Waals surface area contributed by atoms with Crippen molar-refractivity contribution >= 4 is 39.2 Å². The fraction of sp³-hybridized carbons (Fsp3) is 0.417. The van der Waals surface area contributed by atoms with Gasteiger partial charge in [-0.2, -0.15) is 0 Å². The van der Waals surface area contributed by atoms with Gasteiger partial charge < -0.3 is 10.0 Å². The van der Waals surface area contributed by atoms with Gasteiger partial charge in [-0.05, 0) is 47.5 Å². The number of thiophene rings is 1. The zero-order valence-corrected chi connectivity index (χ0v) is 12.1. The van der Waals surface area contributed by atoms with Crippen LogP contribution in [0.1, 0.15) is 18.2 Å². The van der Waals surface area contributed by atoms with Gasteiger partial charge in [0.2, 0.25) is 5.91 Å². The first-order valence-corrected chi connectivity index (χ1v) is 7.11. The number of hydrogen-bond acceptors (Lipinski definition) is 3. The highest BCUT2D eigenvalue weighted by molar-refractivity contribution is 9.11. The molecular weight excluding hydrogens is 302 g/mol. The average Bonchev–Trinajstić information content (AvgIpc) is 2.73. The second kappa shape index (κ2) is 7.63. The van der Waals surface area contributed by atoms with Crippen molar-refractivity contribution in [3.8, 4) is 0 Å². The van der Waals surface area contributed by atoms with Crippen LogP contribution in [-0.4, -0.2) is 35.6 Å². The van der Waals surface area contributed by atoms with E-state index in [0.717, 1.165) is 8.66 Å². The lowest BCUT2D eigenvalue weighted by Gasteiger charge is -2.18. The lowest BCUT2D eigenvalue weighted by Crippen LogP contribution is -2.30. The smallest absolute Gasteiger partial charge is 0.246 e.